The third-order valence-electron chi connectivity index (χ3n) is 2.23. The minimum Gasteiger partial charge on any atom is -0.371 e. The lowest BCUT2D eigenvalue weighted by Gasteiger charge is -2.19. The highest BCUT2D eigenvalue weighted by molar-refractivity contribution is 7.71. The van der Waals surface area contributed by atoms with Gasteiger partial charge in [-0.15, -0.1) is 0 Å². The van der Waals surface area contributed by atoms with Gasteiger partial charge in [0.1, 0.15) is 0 Å². The van der Waals surface area contributed by atoms with Crippen molar-refractivity contribution in [3.8, 4) is 0 Å². The molecule has 0 unspecified atom stereocenters. The van der Waals surface area contributed by atoms with E-state index in [1.165, 1.54) is 0 Å². The molecule has 3 nitrogen and oxygen atoms in total. The van der Waals surface area contributed by atoms with Crippen LogP contribution in [0.5, 0.6) is 0 Å². The SMILES string of the molecule is CC.CCNCCCN(C)c1cc(=S)c1=O. The van der Waals surface area contributed by atoms with Gasteiger partial charge in [0.25, 0.3) is 0 Å². The second-order valence-electron chi connectivity index (χ2n) is 3.35. The van der Waals surface area contributed by atoms with Crippen LogP contribution in [0.25, 0.3) is 0 Å². The van der Waals surface area contributed by atoms with Crippen molar-refractivity contribution < 1.29 is 0 Å². The van der Waals surface area contributed by atoms with E-state index < -0.39 is 0 Å². The van der Waals surface area contributed by atoms with Gasteiger partial charge in [0.2, 0.25) is 5.43 Å². The average molecular weight is 242 g/mol. The lowest BCUT2D eigenvalue weighted by atomic mass is 10.2. The maximum Gasteiger partial charge on any atom is 0.219 e. The van der Waals surface area contributed by atoms with Gasteiger partial charge in [-0.25, -0.2) is 0 Å². The summed E-state index contributed by atoms with van der Waals surface area (Å²) in [6.45, 7) is 8.97. The first-order valence-electron chi connectivity index (χ1n) is 5.89. The largest absolute Gasteiger partial charge is 0.371 e. The Morgan fingerprint density at radius 1 is 1.44 bits per heavy atom. The molecule has 1 rings (SSSR count). The zero-order valence-electron chi connectivity index (χ0n) is 10.7. The standard InChI is InChI=1S/C10H16N2OS.C2H6/c1-3-11-5-4-6-12(2)8-7-9(14)10(8)13;1-2/h7,11H,3-6H2,1-2H3;1-2H3. The van der Waals surface area contributed by atoms with Crippen LogP contribution in [0, 0.1) is 4.51 Å². The molecule has 0 aliphatic rings. The summed E-state index contributed by atoms with van der Waals surface area (Å²) in [6, 6.07) is 1.77. The fraction of sp³-hybridized carbons (Fsp3) is 0.667. The summed E-state index contributed by atoms with van der Waals surface area (Å²) in [7, 11) is 1.93. The monoisotopic (exact) mass is 242 g/mol. The van der Waals surface area contributed by atoms with Crippen molar-refractivity contribution in [1.29, 1.82) is 0 Å². The van der Waals surface area contributed by atoms with Gasteiger partial charge in [0.05, 0.1) is 10.2 Å². The maximum atomic E-state index is 11.2. The minimum absolute atomic E-state index is 0.0194. The molecule has 1 aromatic rings. The lowest BCUT2D eigenvalue weighted by molar-refractivity contribution is 0.666. The smallest absolute Gasteiger partial charge is 0.219 e. The second-order valence-corrected chi connectivity index (χ2v) is 3.79. The molecular weight excluding hydrogens is 220 g/mol. The van der Waals surface area contributed by atoms with Crippen LogP contribution in [0.1, 0.15) is 27.2 Å². The van der Waals surface area contributed by atoms with E-state index in [0.29, 0.717) is 4.51 Å². The molecule has 0 bridgehead atoms. The summed E-state index contributed by atoms with van der Waals surface area (Å²) in [5, 5.41) is 3.24. The van der Waals surface area contributed by atoms with Crippen LogP contribution < -0.4 is 15.6 Å². The quantitative estimate of drug-likeness (QED) is 0.612. The molecule has 0 radical (unpaired) electrons. The van der Waals surface area contributed by atoms with Gasteiger partial charge in [-0.2, -0.15) is 0 Å². The molecule has 1 aromatic carbocycles. The Kier molecular flexibility index (Phi) is 8.03. The molecule has 0 atom stereocenters. The molecule has 0 spiro atoms. The van der Waals surface area contributed by atoms with Crippen molar-refractivity contribution in [1.82, 2.24) is 5.32 Å². The van der Waals surface area contributed by atoms with Crippen molar-refractivity contribution in [2.24, 2.45) is 0 Å². The van der Waals surface area contributed by atoms with Gasteiger partial charge in [-0.05, 0) is 25.6 Å². The first-order chi connectivity index (χ1) is 7.66. The fourth-order valence-electron chi connectivity index (χ4n) is 1.33. The summed E-state index contributed by atoms with van der Waals surface area (Å²) in [5.74, 6) is 0. The lowest BCUT2D eigenvalue weighted by Crippen LogP contribution is -2.29. The summed E-state index contributed by atoms with van der Waals surface area (Å²) in [6.07, 6.45) is 1.04. The van der Waals surface area contributed by atoms with Crippen molar-refractivity contribution >= 4 is 17.9 Å². The van der Waals surface area contributed by atoms with E-state index in [0.717, 1.165) is 31.7 Å². The molecule has 0 saturated heterocycles. The van der Waals surface area contributed by atoms with Crippen LogP contribution in [0.3, 0.4) is 0 Å². The van der Waals surface area contributed by atoms with Crippen molar-refractivity contribution in [2.75, 3.05) is 31.6 Å². The van der Waals surface area contributed by atoms with E-state index in [4.69, 9.17) is 12.2 Å². The zero-order valence-corrected chi connectivity index (χ0v) is 11.5. The van der Waals surface area contributed by atoms with E-state index in [9.17, 15) is 4.79 Å². The van der Waals surface area contributed by atoms with Gasteiger partial charge < -0.3 is 10.2 Å². The number of nitrogens with zero attached hydrogens (tertiary/aromatic N) is 1. The second kappa shape index (κ2) is 8.42. The summed E-state index contributed by atoms with van der Waals surface area (Å²) in [5.41, 5.74) is 0.775. The fourth-order valence-corrected chi connectivity index (χ4v) is 1.54. The van der Waals surface area contributed by atoms with E-state index in [1.54, 1.807) is 6.07 Å². The summed E-state index contributed by atoms with van der Waals surface area (Å²) >= 11 is 4.79. The Labute approximate surface area is 103 Å². The Morgan fingerprint density at radius 3 is 2.50 bits per heavy atom. The van der Waals surface area contributed by atoms with E-state index in [2.05, 4.69) is 12.2 Å². The van der Waals surface area contributed by atoms with Gasteiger partial charge in [-0.3, -0.25) is 4.79 Å². The van der Waals surface area contributed by atoms with Crippen molar-refractivity contribution in [3.05, 3.63) is 20.8 Å². The highest BCUT2D eigenvalue weighted by atomic mass is 32.1. The van der Waals surface area contributed by atoms with Gasteiger partial charge in [-0.1, -0.05) is 33.0 Å². The Hall–Kier alpha value is -0.740. The molecule has 16 heavy (non-hydrogen) atoms. The van der Waals surface area contributed by atoms with E-state index >= 15 is 0 Å². The Balaban J connectivity index is 0.00000106. The molecule has 0 fully saturated rings. The highest BCUT2D eigenvalue weighted by Gasteiger charge is 2.10. The molecule has 92 valence electrons. The van der Waals surface area contributed by atoms with Crippen LogP contribution in [0.4, 0.5) is 5.69 Å². The van der Waals surface area contributed by atoms with Crippen LogP contribution in [0.2, 0.25) is 0 Å². The summed E-state index contributed by atoms with van der Waals surface area (Å²) < 4.78 is 0.457. The van der Waals surface area contributed by atoms with Gasteiger partial charge >= 0.3 is 0 Å². The number of hydrogen-bond acceptors (Lipinski definition) is 4. The molecule has 0 heterocycles. The number of hydrogen-bond donors (Lipinski definition) is 1. The van der Waals surface area contributed by atoms with Crippen LogP contribution in [0.15, 0.2) is 10.9 Å². The van der Waals surface area contributed by atoms with Crippen molar-refractivity contribution in [2.45, 2.75) is 27.2 Å². The Morgan fingerprint density at radius 2 is 2.06 bits per heavy atom. The molecule has 0 saturated carbocycles. The minimum atomic E-state index is 0.0194. The van der Waals surface area contributed by atoms with Crippen molar-refractivity contribution in [3.63, 3.8) is 0 Å². The molecule has 0 aliphatic heterocycles. The third kappa shape index (κ3) is 4.41. The van der Waals surface area contributed by atoms with Crippen LogP contribution in [-0.2, 0) is 0 Å². The summed E-state index contributed by atoms with van der Waals surface area (Å²) in [4.78, 5) is 13.2. The van der Waals surface area contributed by atoms with Gasteiger partial charge in [0, 0.05) is 13.6 Å². The Bertz CT molecular complexity index is 355. The first kappa shape index (κ1) is 15.3. The predicted molar refractivity (Wildman–Crippen MR) is 73.7 cm³/mol. The first-order valence-corrected chi connectivity index (χ1v) is 6.30. The number of nitrogens with one attached hydrogen (secondary N) is 1. The normalized spacial score (nSPS) is 9.75. The number of rotatable bonds is 6. The highest BCUT2D eigenvalue weighted by Crippen LogP contribution is 2.09. The molecule has 1 N–H and O–H groups in total. The molecule has 4 heteroatoms. The average Bonchev–Trinajstić information content (AvgIpc) is 2.33. The molecule has 0 aliphatic carbocycles. The predicted octanol–water partition coefficient (Wildman–Crippen LogP) is 2.11. The maximum absolute atomic E-state index is 11.2. The zero-order chi connectivity index (χ0) is 12.6. The van der Waals surface area contributed by atoms with Crippen LogP contribution >= 0.6 is 12.2 Å². The topological polar surface area (TPSA) is 32.3 Å². The van der Waals surface area contributed by atoms with E-state index in [-0.39, 0.29) is 5.43 Å². The molecule has 0 amide bonds. The molecule has 0 aromatic heterocycles. The number of anilines is 1. The van der Waals surface area contributed by atoms with Gasteiger partial charge in [0.15, 0.2) is 0 Å². The third-order valence-corrected chi connectivity index (χ3v) is 2.54. The molecular formula is C12H22N2OS. The van der Waals surface area contributed by atoms with E-state index in [1.807, 2.05) is 25.8 Å². The van der Waals surface area contributed by atoms with Crippen LogP contribution in [-0.4, -0.2) is 26.7 Å².